The lowest BCUT2D eigenvalue weighted by molar-refractivity contribution is -0.142. The van der Waals surface area contributed by atoms with Gasteiger partial charge in [-0.2, -0.15) is 5.10 Å². The summed E-state index contributed by atoms with van der Waals surface area (Å²) in [5, 5.41) is 22.9. The molecule has 0 bridgehead atoms. The number of aryl methyl sites for hydroxylation is 1. The van der Waals surface area contributed by atoms with Crippen LogP contribution in [0.25, 0.3) is 20.4 Å². The van der Waals surface area contributed by atoms with Crippen LogP contribution >= 0.6 is 11.3 Å². The predicted molar refractivity (Wildman–Crippen MR) is 120 cm³/mol. The van der Waals surface area contributed by atoms with Crippen molar-refractivity contribution in [3.05, 3.63) is 53.0 Å². The van der Waals surface area contributed by atoms with Gasteiger partial charge in [0.1, 0.15) is 29.3 Å². The number of hydrogen-bond donors (Lipinski definition) is 2. The van der Waals surface area contributed by atoms with Gasteiger partial charge < -0.3 is 15.2 Å². The lowest BCUT2D eigenvalue weighted by atomic mass is 9.97. The smallest absolute Gasteiger partial charge is 0.303 e. The average molecular weight is 438 g/mol. The number of benzene rings is 1. The van der Waals surface area contributed by atoms with Crippen molar-refractivity contribution in [2.75, 3.05) is 5.32 Å². The number of fused-ring (bicyclic) bond motifs is 3. The molecule has 0 aliphatic heterocycles. The number of nitrogens with zero attached hydrogens (tertiary/aromatic N) is 4. The molecule has 0 atom stereocenters. The van der Waals surface area contributed by atoms with Crippen molar-refractivity contribution in [2.24, 2.45) is 0 Å². The first-order valence-corrected chi connectivity index (χ1v) is 10.6. The van der Waals surface area contributed by atoms with E-state index in [1.165, 1.54) is 24.6 Å². The Morgan fingerprint density at radius 1 is 1.19 bits per heavy atom. The third-order valence-electron chi connectivity index (χ3n) is 5.06. The monoisotopic (exact) mass is 437 g/mol. The van der Waals surface area contributed by atoms with Crippen LogP contribution in [0.1, 0.15) is 43.2 Å². The van der Waals surface area contributed by atoms with Crippen molar-refractivity contribution < 1.29 is 14.6 Å². The highest BCUT2D eigenvalue weighted by molar-refractivity contribution is 7.25. The highest BCUT2D eigenvalue weighted by Crippen LogP contribution is 2.37. The van der Waals surface area contributed by atoms with Crippen molar-refractivity contribution in [1.82, 2.24) is 20.2 Å². The summed E-state index contributed by atoms with van der Waals surface area (Å²) in [4.78, 5) is 20.8. The van der Waals surface area contributed by atoms with Crippen LogP contribution in [-0.4, -0.2) is 31.2 Å². The third kappa shape index (κ3) is 4.33. The Morgan fingerprint density at radius 2 is 1.94 bits per heavy atom. The molecule has 31 heavy (non-hydrogen) atoms. The maximum atomic E-state index is 11.1. The summed E-state index contributed by atoms with van der Waals surface area (Å²) in [5.41, 5.74) is 3.37. The molecule has 0 fully saturated rings. The van der Waals surface area contributed by atoms with Crippen molar-refractivity contribution in [2.45, 2.75) is 46.4 Å². The van der Waals surface area contributed by atoms with Crippen LogP contribution in [0.3, 0.4) is 0 Å². The zero-order chi connectivity index (χ0) is 22.2. The second kappa shape index (κ2) is 8.16. The molecule has 3 heterocycles. The van der Waals surface area contributed by atoms with E-state index in [1.807, 2.05) is 31.2 Å². The van der Waals surface area contributed by atoms with Gasteiger partial charge in [-0.3, -0.25) is 4.79 Å². The predicted octanol–water partition coefficient (Wildman–Crippen LogP) is 3.85. The molecule has 0 saturated heterocycles. The zero-order valence-electron chi connectivity index (χ0n) is 17.8. The minimum absolute atomic E-state index is 0.0816. The molecular formula is C22H23N5O3S. The van der Waals surface area contributed by atoms with Crippen molar-refractivity contribution in [3.8, 4) is 0 Å². The number of anilines is 1. The Labute approximate surface area is 183 Å². The van der Waals surface area contributed by atoms with Crippen LogP contribution in [0.5, 0.6) is 0 Å². The lowest BCUT2D eigenvalue weighted by Crippen LogP contribution is -2.15. The number of hydrogen-bond acceptors (Lipinski definition) is 9. The van der Waals surface area contributed by atoms with E-state index in [9.17, 15) is 9.90 Å². The number of thiophene rings is 1. The summed E-state index contributed by atoms with van der Waals surface area (Å²) in [5.74, 6) is 0.362. The molecular weight excluding hydrogens is 414 g/mol. The summed E-state index contributed by atoms with van der Waals surface area (Å²) in [6.45, 7) is 7.49. The highest BCUT2D eigenvalue weighted by Gasteiger charge is 2.18. The second-order valence-electron chi connectivity index (χ2n) is 7.84. The van der Waals surface area contributed by atoms with Gasteiger partial charge in [0.2, 0.25) is 0 Å². The quantitative estimate of drug-likeness (QED) is 0.438. The molecule has 2 N–H and O–H groups in total. The van der Waals surface area contributed by atoms with Gasteiger partial charge in [-0.1, -0.05) is 24.3 Å². The number of ether oxygens (including phenoxy) is 1. The topological polar surface area (TPSA) is 110 Å². The molecule has 0 aliphatic carbocycles. The summed E-state index contributed by atoms with van der Waals surface area (Å²) < 4.78 is 5.98. The number of carbonyl (C=O) groups excluding carboxylic acids is 1. The van der Waals surface area contributed by atoms with E-state index in [0.717, 1.165) is 42.9 Å². The Balaban J connectivity index is 1.63. The maximum absolute atomic E-state index is 11.1. The molecule has 0 radical (unpaired) electrons. The molecule has 1 aromatic carbocycles. The van der Waals surface area contributed by atoms with Crippen LogP contribution in [0, 0.1) is 6.92 Å². The summed E-state index contributed by atoms with van der Waals surface area (Å²) >= 11 is 1.47. The van der Waals surface area contributed by atoms with Crippen LogP contribution < -0.4 is 5.32 Å². The zero-order valence-corrected chi connectivity index (χ0v) is 18.6. The average Bonchev–Trinajstić information content (AvgIpc) is 3.11. The SMILES string of the molecule is CC(=O)OCc1nnc2sc3c(NCc4ccc(C(C)(C)O)cc4)ncnc3c2c1C. The minimum Gasteiger partial charge on any atom is -0.459 e. The van der Waals surface area contributed by atoms with Gasteiger partial charge >= 0.3 is 5.97 Å². The number of nitrogens with one attached hydrogen (secondary N) is 1. The van der Waals surface area contributed by atoms with E-state index < -0.39 is 5.60 Å². The van der Waals surface area contributed by atoms with Gasteiger partial charge in [0.05, 0.1) is 15.8 Å². The van der Waals surface area contributed by atoms with Crippen molar-refractivity contribution in [3.63, 3.8) is 0 Å². The van der Waals surface area contributed by atoms with Gasteiger partial charge in [0, 0.05) is 18.9 Å². The minimum atomic E-state index is -0.866. The number of carbonyl (C=O) groups is 1. The van der Waals surface area contributed by atoms with Gasteiger partial charge in [-0.25, -0.2) is 9.97 Å². The highest BCUT2D eigenvalue weighted by atomic mass is 32.1. The third-order valence-corrected chi connectivity index (χ3v) is 6.13. The molecule has 4 rings (SSSR count). The summed E-state index contributed by atoms with van der Waals surface area (Å²) in [7, 11) is 0. The van der Waals surface area contributed by atoms with Gasteiger partial charge in [0.15, 0.2) is 0 Å². The van der Waals surface area contributed by atoms with E-state index in [4.69, 9.17) is 4.74 Å². The van der Waals surface area contributed by atoms with Gasteiger partial charge in [0.25, 0.3) is 0 Å². The number of esters is 1. The van der Waals surface area contributed by atoms with E-state index in [2.05, 4.69) is 25.5 Å². The van der Waals surface area contributed by atoms with Crippen LogP contribution in [-0.2, 0) is 28.3 Å². The molecule has 0 aliphatic rings. The molecule has 0 unspecified atom stereocenters. The first kappa shape index (κ1) is 21.1. The molecule has 9 heteroatoms. The largest absolute Gasteiger partial charge is 0.459 e. The van der Waals surface area contributed by atoms with Crippen LogP contribution in [0.2, 0.25) is 0 Å². The Morgan fingerprint density at radius 3 is 2.61 bits per heavy atom. The summed E-state index contributed by atoms with van der Waals surface area (Å²) in [6.07, 6.45) is 1.53. The van der Waals surface area contributed by atoms with Gasteiger partial charge in [-0.15, -0.1) is 16.4 Å². The van der Waals surface area contributed by atoms with E-state index in [0.29, 0.717) is 12.2 Å². The number of aromatic nitrogens is 4. The molecule has 0 amide bonds. The molecule has 0 spiro atoms. The fourth-order valence-corrected chi connectivity index (χ4v) is 4.38. The Bertz CT molecular complexity index is 1260. The van der Waals surface area contributed by atoms with E-state index in [-0.39, 0.29) is 12.6 Å². The first-order valence-electron chi connectivity index (χ1n) is 9.82. The van der Waals surface area contributed by atoms with E-state index >= 15 is 0 Å². The molecule has 3 aromatic heterocycles. The Kier molecular flexibility index (Phi) is 5.55. The van der Waals surface area contributed by atoms with Gasteiger partial charge in [-0.05, 0) is 37.5 Å². The molecule has 0 saturated carbocycles. The van der Waals surface area contributed by atoms with Crippen molar-refractivity contribution in [1.29, 1.82) is 0 Å². The first-order chi connectivity index (χ1) is 14.7. The number of aliphatic hydroxyl groups is 1. The maximum Gasteiger partial charge on any atom is 0.303 e. The van der Waals surface area contributed by atoms with Crippen LogP contribution in [0.15, 0.2) is 30.6 Å². The van der Waals surface area contributed by atoms with E-state index in [1.54, 1.807) is 13.8 Å². The summed E-state index contributed by atoms with van der Waals surface area (Å²) in [6, 6.07) is 7.83. The number of rotatable bonds is 6. The molecule has 4 aromatic rings. The van der Waals surface area contributed by atoms with Crippen molar-refractivity contribution >= 4 is 43.6 Å². The fourth-order valence-electron chi connectivity index (χ4n) is 3.28. The lowest BCUT2D eigenvalue weighted by Gasteiger charge is -2.18. The standard InChI is InChI=1S/C22H23N5O3S/c1-12-16(10-30-13(2)28)26-27-21-17(12)18-19(31-21)20(25-11-24-18)23-9-14-5-7-15(8-6-14)22(3,4)29/h5-8,11,29H,9-10H2,1-4H3,(H,23,24,25). The van der Waals surface area contributed by atoms with Crippen LogP contribution in [0.4, 0.5) is 5.82 Å². The Hall–Kier alpha value is -3.17. The second-order valence-corrected chi connectivity index (χ2v) is 8.84. The molecule has 8 nitrogen and oxygen atoms in total. The fraction of sp³-hybridized carbons (Fsp3) is 0.318. The molecule has 160 valence electrons. The normalized spacial score (nSPS) is 11.8.